The molecule has 0 spiro atoms. The second kappa shape index (κ2) is 7.66. The highest BCUT2D eigenvalue weighted by molar-refractivity contribution is 6.31. The van der Waals surface area contributed by atoms with Gasteiger partial charge in [0.1, 0.15) is 0 Å². The zero-order chi connectivity index (χ0) is 16.0. The van der Waals surface area contributed by atoms with E-state index in [2.05, 4.69) is 26.1 Å². The third kappa shape index (κ3) is 5.56. The molecule has 0 bridgehead atoms. The van der Waals surface area contributed by atoms with Gasteiger partial charge in [-0.25, -0.2) is 4.79 Å². The van der Waals surface area contributed by atoms with E-state index in [1.54, 1.807) is 11.0 Å². The Morgan fingerprint density at radius 2 is 2.10 bits per heavy atom. The van der Waals surface area contributed by atoms with Gasteiger partial charge in [0.25, 0.3) is 0 Å². The van der Waals surface area contributed by atoms with Crippen LogP contribution >= 0.6 is 11.6 Å². The van der Waals surface area contributed by atoms with Gasteiger partial charge in [-0.15, -0.1) is 0 Å². The van der Waals surface area contributed by atoms with Crippen molar-refractivity contribution < 1.29 is 4.79 Å². The highest BCUT2D eigenvalue weighted by Crippen LogP contribution is 2.21. The maximum absolute atomic E-state index is 12.4. The molecule has 0 unspecified atom stereocenters. The summed E-state index contributed by atoms with van der Waals surface area (Å²) in [4.78, 5) is 14.2. The van der Waals surface area contributed by atoms with Crippen molar-refractivity contribution in [3.63, 3.8) is 0 Å². The second-order valence-corrected chi connectivity index (χ2v) is 6.59. The van der Waals surface area contributed by atoms with Crippen LogP contribution in [0.4, 0.5) is 10.5 Å². The van der Waals surface area contributed by atoms with Crippen LogP contribution < -0.4 is 11.1 Å². The summed E-state index contributed by atoms with van der Waals surface area (Å²) in [5.74, 6) is 0. The SMILES string of the molecule is CCCN(CC(C)(C)CN)C(=O)Nc1ccc(C)c(Cl)c1. The molecule has 0 aliphatic carbocycles. The molecule has 0 fully saturated rings. The number of rotatable bonds is 6. The molecule has 2 amide bonds. The lowest BCUT2D eigenvalue weighted by atomic mass is 9.93. The summed E-state index contributed by atoms with van der Waals surface area (Å²) < 4.78 is 0. The lowest BCUT2D eigenvalue weighted by molar-refractivity contribution is 0.181. The van der Waals surface area contributed by atoms with Crippen LogP contribution in [0.3, 0.4) is 0 Å². The number of halogens is 1. The van der Waals surface area contributed by atoms with E-state index >= 15 is 0 Å². The molecule has 0 atom stereocenters. The van der Waals surface area contributed by atoms with Gasteiger partial charge in [0.2, 0.25) is 0 Å². The summed E-state index contributed by atoms with van der Waals surface area (Å²) >= 11 is 6.09. The van der Waals surface area contributed by atoms with Crippen molar-refractivity contribution in [3.8, 4) is 0 Å². The van der Waals surface area contributed by atoms with Crippen molar-refractivity contribution in [2.24, 2.45) is 11.1 Å². The molecule has 118 valence electrons. The van der Waals surface area contributed by atoms with Gasteiger partial charge in [-0.3, -0.25) is 0 Å². The molecular formula is C16H26ClN3O. The largest absolute Gasteiger partial charge is 0.330 e. The van der Waals surface area contributed by atoms with Gasteiger partial charge in [-0.05, 0) is 43.0 Å². The van der Waals surface area contributed by atoms with Gasteiger partial charge < -0.3 is 16.0 Å². The fourth-order valence-corrected chi connectivity index (χ4v) is 2.16. The first-order valence-corrected chi connectivity index (χ1v) is 7.69. The minimum atomic E-state index is -0.113. The molecule has 1 aromatic carbocycles. The van der Waals surface area contributed by atoms with E-state index in [0.717, 1.165) is 12.0 Å². The van der Waals surface area contributed by atoms with Gasteiger partial charge in [0, 0.05) is 23.8 Å². The molecule has 0 aromatic heterocycles. The highest BCUT2D eigenvalue weighted by atomic mass is 35.5. The number of benzene rings is 1. The molecule has 4 nitrogen and oxygen atoms in total. The van der Waals surface area contributed by atoms with Crippen LogP contribution in [-0.4, -0.2) is 30.6 Å². The predicted octanol–water partition coefficient (Wildman–Crippen LogP) is 3.88. The number of hydrogen-bond donors (Lipinski definition) is 2. The van der Waals surface area contributed by atoms with Gasteiger partial charge in [0.05, 0.1) is 0 Å². The Bertz CT molecular complexity index is 488. The van der Waals surface area contributed by atoms with E-state index in [1.165, 1.54) is 0 Å². The molecule has 5 heteroatoms. The Labute approximate surface area is 132 Å². The van der Waals surface area contributed by atoms with Crippen LogP contribution in [0, 0.1) is 12.3 Å². The van der Waals surface area contributed by atoms with Crippen LogP contribution in [0.25, 0.3) is 0 Å². The van der Waals surface area contributed by atoms with E-state index in [4.69, 9.17) is 17.3 Å². The summed E-state index contributed by atoms with van der Waals surface area (Å²) in [6.45, 7) is 9.98. The number of anilines is 1. The number of hydrogen-bond acceptors (Lipinski definition) is 2. The third-order valence-corrected chi connectivity index (χ3v) is 3.78. The standard InChI is InChI=1S/C16H26ClN3O/c1-5-8-20(11-16(3,4)10-18)15(21)19-13-7-6-12(2)14(17)9-13/h6-7,9H,5,8,10-11,18H2,1-4H3,(H,19,21). The molecule has 1 rings (SSSR count). The maximum atomic E-state index is 12.4. The van der Waals surface area contributed by atoms with Crippen LogP contribution in [-0.2, 0) is 0 Å². The summed E-state index contributed by atoms with van der Waals surface area (Å²) in [6.07, 6.45) is 0.905. The van der Waals surface area contributed by atoms with Crippen LogP contribution in [0.5, 0.6) is 0 Å². The number of nitrogens with one attached hydrogen (secondary N) is 1. The molecule has 0 aliphatic heterocycles. The average Bonchev–Trinajstić information content (AvgIpc) is 2.42. The Morgan fingerprint density at radius 3 is 2.62 bits per heavy atom. The zero-order valence-electron chi connectivity index (χ0n) is 13.4. The van der Waals surface area contributed by atoms with Crippen LogP contribution in [0.2, 0.25) is 5.02 Å². The minimum absolute atomic E-state index is 0.0998. The molecule has 21 heavy (non-hydrogen) atoms. The Hall–Kier alpha value is -1.26. The van der Waals surface area contributed by atoms with E-state index in [0.29, 0.717) is 30.3 Å². The first kappa shape index (κ1) is 17.8. The lowest BCUT2D eigenvalue weighted by Crippen LogP contribution is -2.44. The monoisotopic (exact) mass is 311 g/mol. The minimum Gasteiger partial charge on any atom is -0.330 e. The molecule has 0 heterocycles. The quantitative estimate of drug-likeness (QED) is 0.837. The summed E-state index contributed by atoms with van der Waals surface area (Å²) in [7, 11) is 0. The summed E-state index contributed by atoms with van der Waals surface area (Å²) in [5.41, 5.74) is 7.36. The smallest absolute Gasteiger partial charge is 0.321 e. The summed E-state index contributed by atoms with van der Waals surface area (Å²) in [6, 6.07) is 5.41. The molecule has 0 radical (unpaired) electrons. The van der Waals surface area contributed by atoms with Crippen LogP contribution in [0.1, 0.15) is 32.8 Å². The van der Waals surface area contributed by atoms with E-state index in [9.17, 15) is 4.79 Å². The van der Waals surface area contributed by atoms with Gasteiger partial charge in [-0.2, -0.15) is 0 Å². The average molecular weight is 312 g/mol. The van der Waals surface area contributed by atoms with E-state index in [1.807, 2.05) is 19.1 Å². The number of carbonyl (C=O) groups excluding carboxylic acids is 1. The summed E-state index contributed by atoms with van der Waals surface area (Å²) in [5, 5.41) is 3.55. The Morgan fingerprint density at radius 1 is 1.43 bits per heavy atom. The molecule has 3 N–H and O–H groups in total. The Balaban J connectivity index is 2.78. The first-order chi connectivity index (χ1) is 9.79. The molecular weight excluding hydrogens is 286 g/mol. The molecule has 0 saturated heterocycles. The lowest BCUT2D eigenvalue weighted by Gasteiger charge is -2.31. The molecule has 0 aliphatic rings. The number of urea groups is 1. The predicted molar refractivity (Wildman–Crippen MR) is 89.9 cm³/mol. The third-order valence-electron chi connectivity index (χ3n) is 3.38. The van der Waals surface area contributed by atoms with Gasteiger partial charge >= 0.3 is 6.03 Å². The number of carbonyl (C=O) groups is 1. The van der Waals surface area contributed by atoms with Crippen molar-refractivity contribution >= 4 is 23.3 Å². The topological polar surface area (TPSA) is 58.4 Å². The van der Waals surface area contributed by atoms with Crippen molar-refractivity contribution in [3.05, 3.63) is 28.8 Å². The maximum Gasteiger partial charge on any atom is 0.321 e. The highest BCUT2D eigenvalue weighted by Gasteiger charge is 2.23. The molecule has 1 aromatic rings. The van der Waals surface area contributed by atoms with E-state index in [-0.39, 0.29) is 11.4 Å². The number of nitrogens with zero attached hydrogens (tertiary/aromatic N) is 1. The number of amides is 2. The second-order valence-electron chi connectivity index (χ2n) is 6.18. The van der Waals surface area contributed by atoms with Gasteiger partial charge in [-0.1, -0.05) is 38.4 Å². The normalized spacial score (nSPS) is 11.3. The van der Waals surface area contributed by atoms with Crippen LogP contribution in [0.15, 0.2) is 18.2 Å². The zero-order valence-corrected chi connectivity index (χ0v) is 14.1. The van der Waals surface area contributed by atoms with Crippen molar-refractivity contribution in [1.29, 1.82) is 0 Å². The van der Waals surface area contributed by atoms with Gasteiger partial charge in [0.15, 0.2) is 0 Å². The van der Waals surface area contributed by atoms with E-state index < -0.39 is 0 Å². The van der Waals surface area contributed by atoms with Crippen molar-refractivity contribution in [2.75, 3.05) is 25.0 Å². The number of aryl methyl sites for hydroxylation is 1. The fourth-order valence-electron chi connectivity index (χ4n) is 1.98. The Kier molecular flexibility index (Phi) is 6.49. The number of nitrogens with two attached hydrogens (primary N) is 1. The first-order valence-electron chi connectivity index (χ1n) is 7.31. The fraction of sp³-hybridized carbons (Fsp3) is 0.562. The van der Waals surface area contributed by atoms with Crippen molar-refractivity contribution in [1.82, 2.24) is 4.90 Å². The van der Waals surface area contributed by atoms with Crippen molar-refractivity contribution in [2.45, 2.75) is 34.1 Å². The molecule has 0 saturated carbocycles.